The highest BCUT2D eigenvalue weighted by Crippen LogP contribution is 2.43. The van der Waals surface area contributed by atoms with Crippen molar-refractivity contribution in [1.82, 2.24) is 5.32 Å². The Morgan fingerprint density at radius 2 is 0.847 bits per heavy atom. The number of hydrogen-bond donors (Lipinski definition) is 3. The largest absolute Gasteiger partial charge is 0.472 e. The standard InChI is InChI=1S/C63H113N2O6P/c1-6-8-10-12-14-16-18-20-22-24-26-28-29-30-31-32-33-34-35-37-39-41-43-45-47-49-51-53-55-57-63(67)64-61(60-71-72(68,69)70-59-58-65(3,4)5)62(66)56-54-52-50-48-46-44-42-40-38-36-27-25-23-21-19-17-15-13-11-9-7-2/h8,10,14,16,20,22,26,28,30-31,33-34,46,48,54,56,61-62,66H,6-7,9,11-13,15,17-19,21,23-25,27,29,32,35-45,47,49-53,55,57-60H2,1-5H3,(H-,64,67,68,69)/p+1/b10-8-,16-14-,22-20-,28-26-,31-30-,34-33-,48-46+,56-54+. The topological polar surface area (TPSA) is 105 Å². The van der Waals surface area contributed by atoms with Crippen LogP contribution in [0.5, 0.6) is 0 Å². The van der Waals surface area contributed by atoms with Crippen molar-refractivity contribution in [1.29, 1.82) is 0 Å². The lowest BCUT2D eigenvalue weighted by Crippen LogP contribution is -2.45. The Kier molecular flexibility index (Phi) is 51.3. The SMILES string of the molecule is CC/C=C\C/C=C\C/C=C\C/C=C\C/C=C\C/C=C\CCCCCCCCCCCCC(=O)NC(COP(=O)(O)OCC[N+](C)(C)C)C(O)/C=C/CC/C=C/CCCCCCCCCCCCCCCCC. The number of carbonyl (C=O) groups is 1. The molecule has 0 heterocycles. The first-order chi connectivity index (χ1) is 35.0. The zero-order valence-electron chi connectivity index (χ0n) is 47.4. The highest BCUT2D eigenvalue weighted by Gasteiger charge is 2.27. The fourth-order valence-electron chi connectivity index (χ4n) is 8.18. The Labute approximate surface area is 445 Å². The van der Waals surface area contributed by atoms with Crippen LogP contribution in [0.3, 0.4) is 0 Å². The van der Waals surface area contributed by atoms with Crippen LogP contribution in [0.1, 0.15) is 245 Å². The van der Waals surface area contributed by atoms with Crippen LogP contribution in [0, 0.1) is 0 Å². The molecule has 0 spiro atoms. The first-order valence-corrected chi connectivity index (χ1v) is 31.1. The summed E-state index contributed by atoms with van der Waals surface area (Å²) in [5, 5.41) is 13.9. The van der Waals surface area contributed by atoms with Crippen molar-refractivity contribution < 1.29 is 32.9 Å². The van der Waals surface area contributed by atoms with Crippen LogP contribution in [0.25, 0.3) is 0 Å². The summed E-state index contributed by atoms with van der Waals surface area (Å²) >= 11 is 0. The van der Waals surface area contributed by atoms with Crippen molar-refractivity contribution in [3.05, 3.63) is 97.2 Å². The van der Waals surface area contributed by atoms with Crippen LogP contribution >= 0.6 is 7.82 Å². The Hall–Kier alpha value is -2.58. The fraction of sp³-hybridized carbons (Fsp3) is 0.730. The van der Waals surface area contributed by atoms with Gasteiger partial charge in [-0.3, -0.25) is 13.8 Å². The van der Waals surface area contributed by atoms with Crippen molar-refractivity contribution >= 4 is 13.7 Å². The van der Waals surface area contributed by atoms with Crippen LogP contribution in [0.2, 0.25) is 0 Å². The third-order valence-corrected chi connectivity index (χ3v) is 13.8. The van der Waals surface area contributed by atoms with E-state index < -0.39 is 20.0 Å². The van der Waals surface area contributed by atoms with E-state index in [0.29, 0.717) is 17.4 Å². The number of aliphatic hydroxyl groups excluding tert-OH is 1. The van der Waals surface area contributed by atoms with Crippen molar-refractivity contribution in [2.45, 2.75) is 257 Å². The molecule has 1 amide bonds. The van der Waals surface area contributed by atoms with Gasteiger partial charge in [-0.2, -0.15) is 0 Å². The van der Waals surface area contributed by atoms with Gasteiger partial charge in [0.25, 0.3) is 0 Å². The van der Waals surface area contributed by atoms with Gasteiger partial charge in [-0.15, -0.1) is 0 Å². The van der Waals surface area contributed by atoms with E-state index in [-0.39, 0.29) is 19.1 Å². The Morgan fingerprint density at radius 1 is 0.486 bits per heavy atom. The van der Waals surface area contributed by atoms with Crippen molar-refractivity contribution in [2.24, 2.45) is 0 Å². The number of hydrogen-bond acceptors (Lipinski definition) is 5. The Bertz CT molecular complexity index is 1490. The summed E-state index contributed by atoms with van der Waals surface area (Å²) < 4.78 is 23.7. The number of phosphoric ester groups is 1. The summed E-state index contributed by atoms with van der Waals surface area (Å²) in [6.45, 7) is 4.69. The second-order valence-electron chi connectivity index (χ2n) is 21.0. The summed E-state index contributed by atoms with van der Waals surface area (Å²) in [6.07, 6.45) is 76.5. The van der Waals surface area contributed by atoms with Gasteiger partial charge in [-0.1, -0.05) is 252 Å². The van der Waals surface area contributed by atoms with E-state index >= 15 is 0 Å². The van der Waals surface area contributed by atoms with Gasteiger partial charge in [-0.05, 0) is 83.5 Å². The molecule has 416 valence electrons. The molecule has 0 saturated carbocycles. The molecule has 0 fully saturated rings. The quantitative estimate of drug-likeness (QED) is 0.0243. The monoisotopic (exact) mass is 1030 g/mol. The molecule has 3 unspecified atom stereocenters. The summed E-state index contributed by atoms with van der Waals surface area (Å²) in [5.74, 6) is -0.194. The number of likely N-dealkylation sites (N-methyl/N-ethyl adjacent to an activating group) is 1. The highest BCUT2D eigenvalue weighted by molar-refractivity contribution is 7.47. The zero-order chi connectivity index (χ0) is 52.7. The molecule has 0 aliphatic heterocycles. The van der Waals surface area contributed by atoms with Crippen molar-refractivity contribution in [2.75, 3.05) is 40.9 Å². The summed E-state index contributed by atoms with van der Waals surface area (Å²) in [4.78, 5) is 23.3. The third kappa shape index (κ3) is 55.2. The number of rotatable bonds is 53. The molecular weight excluding hydrogens is 912 g/mol. The normalized spacial score (nSPS) is 14.6. The van der Waals surface area contributed by atoms with Crippen LogP contribution < -0.4 is 5.32 Å². The molecule has 0 aromatic carbocycles. The van der Waals surface area contributed by atoms with E-state index in [1.807, 2.05) is 27.2 Å². The van der Waals surface area contributed by atoms with Gasteiger partial charge in [0.1, 0.15) is 13.2 Å². The lowest BCUT2D eigenvalue weighted by Gasteiger charge is -2.25. The molecule has 0 radical (unpaired) electrons. The zero-order valence-corrected chi connectivity index (χ0v) is 48.3. The maximum absolute atomic E-state index is 13.0. The first kappa shape index (κ1) is 69.4. The fourth-order valence-corrected chi connectivity index (χ4v) is 8.92. The molecule has 8 nitrogen and oxygen atoms in total. The average Bonchev–Trinajstić information content (AvgIpc) is 3.34. The number of carbonyl (C=O) groups excluding carboxylic acids is 1. The maximum atomic E-state index is 13.0. The minimum Gasteiger partial charge on any atom is -0.387 e. The minimum atomic E-state index is -4.36. The van der Waals surface area contributed by atoms with Crippen LogP contribution in [0.15, 0.2) is 97.2 Å². The Morgan fingerprint density at radius 3 is 1.28 bits per heavy atom. The number of aliphatic hydroxyl groups is 1. The van der Waals surface area contributed by atoms with E-state index in [1.54, 1.807) is 6.08 Å². The predicted octanol–water partition coefficient (Wildman–Crippen LogP) is 18.2. The van der Waals surface area contributed by atoms with Crippen molar-refractivity contribution in [3.63, 3.8) is 0 Å². The second-order valence-corrected chi connectivity index (χ2v) is 22.4. The molecule has 0 saturated heterocycles. The van der Waals surface area contributed by atoms with E-state index in [9.17, 15) is 19.4 Å². The summed E-state index contributed by atoms with van der Waals surface area (Å²) in [6, 6.07) is -0.873. The van der Waals surface area contributed by atoms with E-state index in [0.717, 1.165) is 83.5 Å². The molecule has 3 N–H and O–H groups in total. The van der Waals surface area contributed by atoms with Crippen LogP contribution in [-0.2, 0) is 18.4 Å². The molecule has 0 aliphatic rings. The minimum absolute atomic E-state index is 0.0510. The second kappa shape index (κ2) is 53.3. The molecule has 0 aromatic rings. The van der Waals surface area contributed by atoms with Gasteiger partial charge in [-0.25, -0.2) is 4.57 Å². The van der Waals surface area contributed by atoms with Gasteiger partial charge >= 0.3 is 7.82 Å². The maximum Gasteiger partial charge on any atom is 0.472 e. The number of allylic oxidation sites excluding steroid dienone is 15. The van der Waals surface area contributed by atoms with E-state index in [1.165, 1.54) is 141 Å². The third-order valence-electron chi connectivity index (χ3n) is 12.8. The smallest absolute Gasteiger partial charge is 0.387 e. The molecule has 0 aromatic heterocycles. The molecule has 72 heavy (non-hydrogen) atoms. The molecule has 0 aliphatic carbocycles. The number of amides is 1. The lowest BCUT2D eigenvalue weighted by molar-refractivity contribution is -0.870. The lowest BCUT2D eigenvalue weighted by atomic mass is 10.0. The summed E-state index contributed by atoms with van der Waals surface area (Å²) in [7, 11) is 1.54. The number of unbranched alkanes of at least 4 members (excludes halogenated alkanes) is 26. The number of phosphoric acid groups is 1. The van der Waals surface area contributed by atoms with Crippen molar-refractivity contribution in [3.8, 4) is 0 Å². The average molecular weight is 1030 g/mol. The molecular formula is C63H114N2O6P+. The predicted molar refractivity (Wildman–Crippen MR) is 313 cm³/mol. The number of nitrogens with one attached hydrogen (secondary N) is 1. The first-order valence-electron chi connectivity index (χ1n) is 29.6. The van der Waals surface area contributed by atoms with Crippen LogP contribution in [-0.4, -0.2) is 73.4 Å². The molecule has 9 heteroatoms. The van der Waals surface area contributed by atoms with Gasteiger partial charge < -0.3 is 19.8 Å². The number of quaternary nitrogens is 1. The Balaban J connectivity index is 4.26. The van der Waals surface area contributed by atoms with E-state index in [4.69, 9.17) is 9.05 Å². The molecule has 3 atom stereocenters. The van der Waals surface area contributed by atoms with Gasteiger partial charge in [0.05, 0.1) is 39.9 Å². The molecule has 0 bridgehead atoms. The molecule has 0 rings (SSSR count). The highest BCUT2D eigenvalue weighted by atomic mass is 31.2. The van der Waals surface area contributed by atoms with Gasteiger partial charge in [0.15, 0.2) is 0 Å². The number of nitrogens with zero attached hydrogens (tertiary/aromatic N) is 1. The van der Waals surface area contributed by atoms with Gasteiger partial charge in [0.2, 0.25) is 5.91 Å². The van der Waals surface area contributed by atoms with Crippen LogP contribution in [0.4, 0.5) is 0 Å². The van der Waals surface area contributed by atoms with E-state index in [2.05, 4.69) is 104 Å². The van der Waals surface area contributed by atoms with Gasteiger partial charge in [0, 0.05) is 6.42 Å². The summed E-state index contributed by atoms with van der Waals surface area (Å²) in [5.41, 5.74) is 0.